The van der Waals surface area contributed by atoms with Gasteiger partial charge in [-0.1, -0.05) is 25.3 Å². The Balaban J connectivity index is 1.58. The molecular weight excluding hydrogens is 368 g/mol. The normalized spacial score (nSPS) is 19.3. The average Bonchev–Trinajstić information content (AvgIpc) is 3.25. The van der Waals surface area contributed by atoms with Crippen molar-refractivity contribution in [2.75, 3.05) is 6.61 Å². The molecule has 1 heterocycles. The van der Waals surface area contributed by atoms with Gasteiger partial charge in [-0.25, -0.2) is 4.79 Å². The average molecular weight is 401 g/mol. The van der Waals surface area contributed by atoms with Gasteiger partial charge >= 0.3 is 11.9 Å². The first-order valence-electron chi connectivity index (χ1n) is 10.9. The first-order chi connectivity index (χ1) is 14.1. The molecule has 2 fully saturated rings. The van der Waals surface area contributed by atoms with Crippen molar-refractivity contribution in [1.29, 1.82) is 0 Å². The molecule has 29 heavy (non-hydrogen) atoms. The van der Waals surface area contributed by atoms with Gasteiger partial charge in [-0.3, -0.25) is 15.1 Å². The van der Waals surface area contributed by atoms with E-state index in [-0.39, 0.29) is 18.0 Å². The summed E-state index contributed by atoms with van der Waals surface area (Å²) in [5, 5.41) is 3.50. The molecule has 0 saturated heterocycles. The van der Waals surface area contributed by atoms with E-state index in [0.717, 1.165) is 56.9 Å². The summed E-state index contributed by atoms with van der Waals surface area (Å²) >= 11 is 0. The fourth-order valence-corrected chi connectivity index (χ4v) is 4.13. The minimum absolute atomic E-state index is 0.0777. The molecule has 0 amide bonds. The predicted octanol–water partition coefficient (Wildman–Crippen LogP) is 3.94. The Hall–Kier alpha value is -2.21. The van der Waals surface area contributed by atoms with Crippen molar-refractivity contribution in [3.63, 3.8) is 0 Å². The summed E-state index contributed by atoms with van der Waals surface area (Å²) in [6, 6.07) is 3.82. The first kappa shape index (κ1) is 21.5. The molecule has 2 aliphatic carbocycles. The van der Waals surface area contributed by atoms with E-state index in [2.05, 4.69) is 10.3 Å². The second kappa shape index (κ2) is 10.5. The summed E-state index contributed by atoms with van der Waals surface area (Å²) in [6.45, 7) is 2.69. The van der Waals surface area contributed by atoms with E-state index in [0.29, 0.717) is 18.8 Å². The molecule has 0 atom stereocenters. The predicted molar refractivity (Wildman–Crippen MR) is 111 cm³/mol. The molecule has 6 nitrogen and oxygen atoms in total. The van der Waals surface area contributed by atoms with E-state index < -0.39 is 5.54 Å². The van der Waals surface area contributed by atoms with Crippen LogP contribution >= 0.6 is 0 Å². The van der Waals surface area contributed by atoms with Gasteiger partial charge in [0.1, 0.15) is 11.6 Å². The van der Waals surface area contributed by atoms with Crippen LogP contribution < -0.4 is 5.32 Å². The molecule has 1 N–H and O–H groups in total. The molecule has 6 heteroatoms. The second-order valence-electron chi connectivity index (χ2n) is 7.98. The largest absolute Gasteiger partial charge is 0.463 e. The van der Waals surface area contributed by atoms with Crippen LogP contribution in [-0.4, -0.2) is 35.2 Å². The van der Waals surface area contributed by atoms with Crippen LogP contribution in [0.4, 0.5) is 0 Å². The van der Waals surface area contributed by atoms with Crippen LogP contribution in [0.1, 0.15) is 76.0 Å². The lowest BCUT2D eigenvalue weighted by Gasteiger charge is -2.36. The van der Waals surface area contributed by atoms with Crippen LogP contribution in [0.2, 0.25) is 0 Å². The van der Waals surface area contributed by atoms with Crippen molar-refractivity contribution in [3.05, 3.63) is 35.7 Å². The van der Waals surface area contributed by atoms with Gasteiger partial charge in [0.2, 0.25) is 0 Å². The van der Waals surface area contributed by atoms with Crippen molar-refractivity contribution in [3.8, 4) is 0 Å². The lowest BCUT2D eigenvalue weighted by Crippen LogP contribution is -2.54. The van der Waals surface area contributed by atoms with Gasteiger partial charge in [-0.05, 0) is 63.2 Å². The van der Waals surface area contributed by atoms with Crippen LogP contribution in [0.5, 0.6) is 0 Å². The van der Waals surface area contributed by atoms with Gasteiger partial charge in [0.05, 0.1) is 12.3 Å². The van der Waals surface area contributed by atoms with Crippen LogP contribution in [0.15, 0.2) is 24.4 Å². The summed E-state index contributed by atoms with van der Waals surface area (Å²) in [6.07, 6.45) is 14.1. The maximum Gasteiger partial charge on any atom is 0.330 e. The number of hydrogen-bond donors (Lipinski definition) is 1. The number of ether oxygens (including phenoxy) is 2. The maximum atomic E-state index is 13.0. The Morgan fingerprint density at radius 2 is 1.93 bits per heavy atom. The van der Waals surface area contributed by atoms with Crippen LogP contribution in [0, 0.1) is 0 Å². The molecule has 158 valence electrons. The Kier molecular flexibility index (Phi) is 7.81. The van der Waals surface area contributed by atoms with Gasteiger partial charge in [0.25, 0.3) is 0 Å². The fourth-order valence-electron chi connectivity index (χ4n) is 4.13. The molecule has 0 aliphatic heterocycles. The van der Waals surface area contributed by atoms with Gasteiger partial charge in [0.15, 0.2) is 0 Å². The van der Waals surface area contributed by atoms with Crippen molar-refractivity contribution in [2.45, 2.75) is 82.9 Å². The molecule has 3 rings (SSSR count). The zero-order valence-electron chi connectivity index (χ0n) is 17.3. The number of aromatic nitrogens is 1. The molecule has 0 spiro atoms. The van der Waals surface area contributed by atoms with Crippen molar-refractivity contribution in [2.24, 2.45) is 0 Å². The quantitative estimate of drug-likeness (QED) is 0.526. The Bertz CT molecular complexity index is 702. The van der Waals surface area contributed by atoms with Crippen LogP contribution in [-0.2, 0) is 25.6 Å². The molecule has 0 aromatic carbocycles. The van der Waals surface area contributed by atoms with Crippen molar-refractivity contribution in [1.82, 2.24) is 10.3 Å². The minimum atomic E-state index is -0.580. The molecule has 2 saturated carbocycles. The number of pyridine rings is 1. The van der Waals surface area contributed by atoms with E-state index >= 15 is 0 Å². The highest BCUT2D eigenvalue weighted by Gasteiger charge is 2.41. The minimum Gasteiger partial charge on any atom is -0.463 e. The highest BCUT2D eigenvalue weighted by Crippen LogP contribution is 2.32. The number of rotatable bonds is 8. The number of carbonyl (C=O) groups excluding carboxylic acids is 2. The van der Waals surface area contributed by atoms with E-state index in [1.54, 1.807) is 19.2 Å². The number of esters is 2. The molecule has 0 unspecified atom stereocenters. The summed E-state index contributed by atoms with van der Waals surface area (Å²) < 4.78 is 10.7. The zero-order chi connectivity index (χ0) is 20.5. The Morgan fingerprint density at radius 3 is 2.59 bits per heavy atom. The Morgan fingerprint density at radius 1 is 1.17 bits per heavy atom. The van der Waals surface area contributed by atoms with Gasteiger partial charge in [-0.2, -0.15) is 0 Å². The highest BCUT2D eigenvalue weighted by atomic mass is 16.5. The molecule has 1 aromatic rings. The monoisotopic (exact) mass is 400 g/mol. The molecule has 2 aliphatic rings. The topological polar surface area (TPSA) is 77.5 Å². The maximum absolute atomic E-state index is 13.0. The molecule has 0 radical (unpaired) electrons. The van der Waals surface area contributed by atoms with E-state index in [4.69, 9.17) is 9.47 Å². The SMILES string of the molecule is CCOC(=O)/C=C/c1ccc(CNC2(C(=O)OC3CCCC3)CCCCC2)cn1. The van der Waals surface area contributed by atoms with Crippen LogP contribution in [0.25, 0.3) is 6.08 Å². The second-order valence-corrected chi connectivity index (χ2v) is 7.98. The summed E-state index contributed by atoms with van der Waals surface area (Å²) in [5.74, 6) is -0.453. The van der Waals surface area contributed by atoms with Crippen LogP contribution in [0.3, 0.4) is 0 Å². The third kappa shape index (κ3) is 6.13. The van der Waals surface area contributed by atoms with Gasteiger partial charge in [0, 0.05) is 18.8 Å². The summed E-state index contributed by atoms with van der Waals surface area (Å²) in [7, 11) is 0. The van der Waals surface area contributed by atoms with E-state index in [9.17, 15) is 9.59 Å². The lowest BCUT2D eigenvalue weighted by atomic mass is 9.81. The molecule has 0 bridgehead atoms. The number of nitrogens with zero attached hydrogens (tertiary/aromatic N) is 1. The molecule has 1 aromatic heterocycles. The third-order valence-electron chi connectivity index (χ3n) is 5.83. The highest BCUT2D eigenvalue weighted by molar-refractivity contribution is 5.86. The summed E-state index contributed by atoms with van der Waals surface area (Å²) in [4.78, 5) is 28.8. The number of carbonyl (C=O) groups is 2. The summed E-state index contributed by atoms with van der Waals surface area (Å²) in [5.41, 5.74) is 1.11. The zero-order valence-corrected chi connectivity index (χ0v) is 17.3. The van der Waals surface area contributed by atoms with E-state index in [1.807, 2.05) is 12.1 Å². The lowest BCUT2D eigenvalue weighted by molar-refractivity contribution is -0.158. The first-order valence-corrected chi connectivity index (χ1v) is 10.9. The fraction of sp³-hybridized carbons (Fsp3) is 0.609. The standard InChI is InChI=1S/C23H32N2O4/c1-2-28-21(26)13-12-19-11-10-18(16-24-19)17-25-23(14-6-3-7-15-23)22(27)29-20-8-4-5-9-20/h10-13,16,20,25H,2-9,14-15,17H2,1H3/b13-12+. The number of hydrogen-bond acceptors (Lipinski definition) is 6. The van der Waals surface area contributed by atoms with E-state index in [1.165, 1.54) is 12.5 Å². The van der Waals surface area contributed by atoms with Gasteiger partial charge < -0.3 is 9.47 Å². The third-order valence-corrected chi connectivity index (χ3v) is 5.83. The van der Waals surface area contributed by atoms with Crippen molar-refractivity contribution < 1.29 is 19.1 Å². The number of nitrogens with one attached hydrogen (secondary N) is 1. The van der Waals surface area contributed by atoms with Crippen molar-refractivity contribution >= 4 is 18.0 Å². The van der Waals surface area contributed by atoms with Gasteiger partial charge in [-0.15, -0.1) is 0 Å². The Labute approximate surface area is 173 Å². The smallest absolute Gasteiger partial charge is 0.330 e. The molecular formula is C23H32N2O4.